The topological polar surface area (TPSA) is 21.3 Å². The van der Waals surface area contributed by atoms with Gasteiger partial charge < -0.3 is 10.1 Å². The molecule has 1 aromatic rings. The molecule has 0 saturated carbocycles. The van der Waals surface area contributed by atoms with Crippen molar-refractivity contribution < 1.29 is 13.5 Å². The monoisotopic (exact) mass is 319 g/mol. The molecule has 0 saturated heterocycles. The van der Waals surface area contributed by atoms with Crippen LogP contribution in [0.15, 0.2) is 23.2 Å². The number of rotatable bonds is 7. The summed E-state index contributed by atoms with van der Waals surface area (Å²) in [7, 11) is 0. The minimum atomic E-state index is -0.697. The second-order valence-corrected chi connectivity index (χ2v) is 4.99. The second kappa shape index (κ2) is 7.48. The Bertz CT molecular complexity index is 400. The van der Waals surface area contributed by atoms with Gasteiger partial charge in [-0.3, -0.25) is 0 Å². The van der Waals surface area contributed by atoms with Crippen molar-refractivity contribution in [2.24, 2.45) is 0 Å². The van der Waals surface area contributed by atoms with Crippen molar-refractivity contribution in [3.05, 3.63) is 40.4 Å². The average molecular weight is 320 g/mol. The van der Waals surface area contributed by atoms with Crippen molar-refractivity contribution in [1.29, 1.82) is 0 Å². The van der Waals surface area contributed by atoms with Gasteiger partial charge in [0.25, 0.3) is 0 Å². The Morgan fingerprint density at radius 2 is 2.00 bits per heavy atom. The fraction of sp³-hybridized carbons (Fsp3) is 0.385. The van der Waals surface area contributed by atoms with Crippen molar-refractivity contribution in [2.75, 3.05) is 13.2 Å². The van der Waals surface area contributed by atoms with Gasteiger partial charge >= 0.3 is 0 Å². The van der Waals surface area contributed by atoms with Crippen LogP contribution in [-0.4, -0.2) is 13.2 Å². The van der Waals surface area contributed by atoms with Crippen molar-refractivity contribution in [3.63, 3.8) is 0 Å². The van der Waals surface area contributed by atoms with Crippen molar-refractivity contribution in [2.45, 2.75) is 19.9 Å². The summed E-state index contributed by atoms with van der Waals surface area (Å²) in [5.41, 5.74) is 0.559. The molecular weight excluding hydrogens is 304 g/mol. The van der Waals surface area contributed by atoms with Gasteiger partial charge in [-0.15, -0.1) is 0 Å². The third-order valence-electron chi connectivity index (χ3n) is 2.19. The minimum absolute atomic E-state index is 0.0290. The zero-order valence-electron chi connectivity index (χ0n) is 10.2. The van der Waals surface area contributed by atoms with E-state index in [1.807, 2.05) is 6.92 Å². The summed E-state index contributed by atoms with van der Waals surface area (Å²) in [4.78, 5) is 0. The molecule has 2 nitrogen and oxygen atoms in total. The highest BCUT2D eigenvalue weighted by atomic mass is 79.9. The summed E-state index contributed by atoms with van der Waals surface area (Å²) in [5, 5.41) is 3.08. The number of nitrogens with one attached hydrogen (secondary N) is 1. The van der Waals surface area contributed by atoms with Gasteiger partial charge in [0.15, 0.2) is 17.4 Å². The van der Waals surface area contributed by atoms with Crippen molar-refractivity contribution in [1.82, 2.24) is 5.32 Å². The average Bonchev–Trinajstić information content (AvgIpc) is 2.28. The van der Waals surface area contributed by atoms with Crippen LogP contribution in [0.25, 0.3) is 0 Å². The largest absolute Gasteiger partial charge is 0.482 e. The molecule has 0 bridgehead atoms. The Morgan fingerprint density at radius 3 is 2.50 bits per heavy atom. The molecule has 5 heteroatoms. The molecule has 0 radical (unpaired) electrons. The Labute approximate surface area is 114 Å². The second-order valence-electron chi connectivity index (χ2n) is 3.87. The Hall–Kier alpha value is -0.940. The molecule has 0 aromatic heterocycles. The maximum absolute atomic E-state index is 13.6. The predicted octanol–water partition coefficient (Wildman–Crippen LogP) is 3.75. The van der Waals surface area contributed by atoms with Gasteiger partial charge in [-0.1, -0.05) is 29.4 Å². The molecule has 0 amide bonds. The van der Waals surface area contributed by atoms with E-state index >= 15 is 0 Å². The third-order valence-corrected chi connectivity index (χ3v) is 2.42. The van der Waals surface area contributed by atoms with E-state index in [0.717, 1.165) is 13.0 Å². The molecule has 1 aromatic carbocycles. The predicted molar refractivity (Wildman–Crippen MR) is 71.9 cm³/mol. The van der Waals surface area contributed by atoms with E-state index in [-0.39, 0.29) is 12.4 Å². The van der Waals surface area contributed by atoms with Crippen molar-refractivity contribution >= 4 is 15.9 Å². The fourth-order valence-corrected chi connectivity index (χ4v) is 1.53. The number of halogens is 3. The Morgan fingerprint density at radius 1 is 1.39 bits per heavy atom. The summed E-state index contributed by atoms with van der Waals surface area (Å²) in [5.74, 6) is -1.76. The van der Waals surface area contributed by atoms with Crippen LogP contribution in [0.1, 0.15) is 18.9 Å². The van der Waals surface area contributed by atoms with Crippen LogP contribution >= 0.6 is 15.9 Å². The molecule has 0 aliphatic carbocycles. The molecule has 100 valence electrons. The standard InChI is InChI=1S/C13H16BrF2NO/c1-3-4-17-7-10-5-11(15)13(12(16)6-10)18-8-9(2)14/h5-6,17H,2-4,7-8H2,1H3. The Balaban J connectivity index is 2.74. The zero-order valence-corrected chi connectivity index (χ0v) is 11.8. The van der Waals surface area contributed by atoms with E-state index in [4.69, 9.17) is 4.74 Å². The number of ether oxygens (including phenoxy) is 1. The summed E-state index contributed by atoms with van der Waals surface area (Å²) >= 11 is 3.06. The first kappa shape index (κ1) is 15.1. The zero-order chi connectivity index (χ0) is 13.5. The number of benzene rings is 1. The van der Waals surface area contributed by atoms with E-state index in [0.29, 0.717) is 16.6 Å². The summed E-state index contributed by atoms with van der Waals surface area (Å²) in [6, 6.07) is 2.55. The lowest BCUT2D eigenvalue weighted by Crippen LogP contribution is -2.14. The van der Waals surface area contributed by atoms with Crippen LogP contribution in [-0.2, 0) is 6.54 Å². The lowest BCUT2D eigenvalue weighted by molar-refractivity contribution is 0.318. The molecule has 0 fully saturated rings. The smallest absolute Gasteiger partial charge is 0.191 e. The molecule has 18 heavy (non-hydrogen) atoms. The number of hydrogen-bond acceptors (Lipinski definition) is 2. The maximum atomic E-state index is 13.6. The lowest BCUT2D eigenvalue weighted by Gasteiger charge is -2.10. The van der Waals surface area contributed by atoms with Crippen LogP contribution in [0.3, 0.4) is 0 Å². The van der Waals surface area contributed by atoms with Crippen molar-refractivity contribution in [3.8, 4) is 5.75 Å². The first-order valence-electron chi connectivity index (χ1n) is 5.69. The summed E-state index contributed by atoms with van der Waals surface area (Å²) in [6.45, 7) is 6.84. The Kier molecular flexibility index (Phi) is 6.29. The fourth-order valence-electron chi connectivity index (χ4n) is 1.41. The van der Waals surface area contributed by atoms with E-state index in [1.165, 1.54) is 12.1 Å². The first-order valence-corrected chi connectivity index (χ1v) is 6.48. The molecule has 0 aliphatic heterocycles. The van der Waals surface area contributed by atoms with Gasteiger partial charge in [-0.2, -0.15) is 0 Å². The van der Waals surface area contributed by atoms with E-state index in [9.17, 15) is 8.78 Å². The van der Waals surface area contributed by atoms with E-state index in [1.54, 1.807) is 0 Å². The third kappa shape index (κ3) is 4.74. The van der Waals surface area contributed by atoms with E-state index < -0.39 is 11.6 Å². The molecule has 0 spiro atoms. The van der Waals surface area contributed by atoms with Crippen LogP contribution in [0.2, 0.25) is 0 Å². The van der Waals surface area contributed by atoms with Crippen LogP contribution in [0.4, 0.5) is 8.78 Å². The first-order chi connectivity index (χ1) is 8.54. The van der Waals surface area contributed by atoms with Gasteiger partial charge in [0, 0.05) is 11.0 Å². The van der Waals surface area contributed by atoms with Gasteiger partial charge in [0.05, 0.1) is 0 Å². The van der Waals surface area contributed by atoms with Gasteiger partial charge in [-0.25, -0.2) is 8.78 Å². The molecule has 1 N–H and O–H groups in total. The SMILES string of the molecule is C=C(Br)COc1c(F)cc(CNCCC)cc1F. The highest BCUT2D eigenvalue weighted by molar-refractivity contribution is 9.11. The molecule has 1 rings (SSSR count). The minimum Gasteiger partial charge on any atom is -0.482 e. The normalized spacial score (nSPS) is 10.4. The molecule has 0 aliphatic rings. The van der Waals surface area contributed by atoms with E-state index in [2.05, 4.69) is 27.8 Å². The summed E-state index contributed by atoms with van der Waals surface area (Å²) in [6.07, 6.45) is 0.972. The maximum Gasteiger partial charge on any atom is 0.191 e. The summed E-state index contributed by atoms with van der Waals surface area (Å²) < 4.78 is 32.8. The quantitative estimate of drug-likeness (QED) is 0.773. The molecule has 0 unspecified atom stereocenters. The number of hydrogen-bond donors (Lipinski definition) is 1. The molecule has 0 atom stereocenters. The van der Waals surface area contributed by atoms with Gasteiger partial charge in [-0.05, 0) is 30.7 Å². The van der Waals surface area contributed by atoms with Crippen LogP contribution in [0, 0.1) is 11.6 Å². The van der Waals surface area contributed by atoms with Gasteiger partial charge in [0.2, 0.25) is 0 Å². The van der Waals surface area contributed by atoms with Crippen LogP contribution in [0.5, 0.6) is 5.75 Å². The molecule has 0 heterocycles. The van der Waals surface area contributed by atoms with Gasteiger partial charge in [0.1, 0.15) is 6.61 Å². The highest BCUT2D eigenvalue weighted by Gasteiger charge is 2.12. The molecular formula is C13H16BrF2NO. The lowest BCUT2D eigenvalue weighted by atomic mass is 10.2. The highest BCUT2D eigenvalue weighted by Crippen LogP contribution is 2.24. The van der Waals surface area contributed by atoms with Crippen LogP contribution < -0.4 is 10.1 Å².